The van der Waals surface area contributed by atoms with Gasteiger partial charge in [-0.3, -0.25) is 4.99 Å². The molecule has 0 saturated heterocycles. The second kappa shape index (κ2) is 6.73. The summed E-state index contributed by atoms with van der Waals surface area (Å²) < 4.78 is 0. The number of hydrogen-bond acceptors (Lipinski definition) is 3. The third-order valence-corrected chi connectivity index (χ3v) is 4.77. The summed E-state index contributed by atoms with van der Waals surface area (Å²) in [5.74, 6) is 1.80. The molecule has 0 aromatic heterocycles. The van der Waals surface area contributed by atoms with Crippen LogP contribution in [0.3, 0.4) is 0 Å². The Morgan fingerprint density at radius 2 is 1.95 bits per heavy atom. The van der Waals surface area contributed by atoms with E-state index in [-0.39, 0.29) is 0 Å². The second-order valence-electron chi connectivity index (χ2n) is 4.72. The lowest BCUT2D eigenvalue weighted by Gasteiger charge is -2.10. The van der Waals surface area contributed by atoms with Crippen LogP contribution in [-0.4, -0.2) is 18.9 Å². The van der Waals surface area contributed by atoms with Crippen molar-refractivity contribution in [2.24, 2.45) is 4.99 Å². The van der Waals surface area contributed by atoms with E-state index in [0.29, 0.717) is 0 Å². The maximum atomic E-state index is 6.12. The van der Waals surface area contributed by atoms with Crippen LogP contribution in [0.4, 0.5) is 0 Å². The van der Waals surface area contributed by atoms with Gasteiger partial charge in [0.15, 0.2) is 0 Å². The van der Waals surface area contributed by atoms with Crippen LogP contribution in [0.1, 0.15) is 11.1 Å². The van der Waals surface area contributed by atoms with Gasteiger partial charge < -0.3 is 5.32 Å². The van der Waals surface area contributed by atoms with Crippen LogP contribution in [0.2, 0.25) is 10.0 Å². The largest absolute Gasteiger partial charge is 0.368 e. The zero-order chi connectivity index (χ0) is 14.7. The number of rotatable bonds is 4. The van der Waals surface area contributed by atoms with Crippen LogP contribution in [0.15, 0.2) is 52.4 Å². The molecule has 0 atom stereocenters. The summed E-state index contributed by atoms with van der Waals surface area (Å²) in [7, 11) is 0. The molecule has 2 aromatic carbocycles. The first-order valence-electron chi connectivity index (χ1n) is 6.68. The van der Waals surface area contributed by atoms with Crippen molar-refractivity contribution >= 4 is 40.8 Å². The number of aliphatic imine (C=N–C) groups is 1. The first kappa shape index (κ1) is 14.8. The smallest absolute Gasteiger partial charge is 0.129 e. The molecule has 2 aromatic rings. The highest BCUT2D eigenvalue weighted by atomic mass is 35.5. The summed E-state index contributed by atoms with van der Waals surface area (Å²) >= 11 is 13.9. The van der Waals surface area contributed by atoms with Gasteiger partial charge in [0.05, 0.1) is 6.54 Å². The van der Waals surface area contributed by atoms with E-state index < -0.39 is 0 Å². The normalized spacial score (nSPS) is 13.9. The van der Waals surface area contributed by atoms with Crippen molar-refractivity contribution in [3.05, 3.63) is 63.6 Å². The number of benzene rings is 2. The van der Waals surface area contributed by atoms with Crippen LogP contribution < -0.4 is 5.32 Å². The number of nitrogens with one attached hydrogen (secondary N) is 1. The Labute approximate surface area is 138 Å². The van der Waals surface area contributed by atoms with Gasteiger partial charge in [0.25, 0.3) is 0 Å². The Kier molecular flexibility index (Phi) is 4.73. The first-order chi connectivity index (χ1) is 10.2. The summed E-state index contributed by atoms with van der Waals surface area (Å²) in [4.78, 5) is 5.66. The topological polar surface area (TPSA) is 24.4 Å². The Bertz CT molecular complexity index is 686. The highest BCUT2D eigenvalue weighted by Crippen LogP contribution is 2.29. The van der Waals surface area contributed by atoms with Gasteiger partial charge in [-0.15, -0.1) is 11.8 Å². The fourth-order valence-corrected chi connectivity index (χ4v) is 3.54. The lowest BCUT2D eigenvalue weighted by Crippen LogP contribution is -2.20. The van der Waals surface area contributed by atoms with Gasteiger partial charge in [0.1, 0.15) is 5.84 Å². The molecular weight excluding hydrogens is 323 g/mol. The average molecular weight is 337 g/mol. The molecule has 2 nitrogen and oxygen atoms in total. The maximum Gasteiger partial charge on any atom is 0.129 e. The SMILES string of the molecule is Clc1cccc(CSc2ccc(Cl)cc2C2=NCCN2)c1. The highest BCUT2D eigenvalue weighted by molar-refractivity contribution is 7.98. The molecule has 1 aliphatic heterocycles. The van der Waals surface area contributed by atoms with Crippen molar-refractivity contribution in [1.82, 2.24) is 5.32 Å². The van der Waals surface area contributed by atoms with Gasteiger partial charge in [0.2, 0.25) is 0 Å². The molecule has 5 heteroatoms. The summed E-state index contributed by atoms with van der Waals surface area (Å²) in [6, 6.07) is 13.9. The molecule has 0 bridgehead atoms. The molecule has 1 N–H and O–H groups in total. The summed E-state index contributed by atoms with van der Waals surface area (Å²) in [6.07, 6.45) is 0. The predicted molar refractivity (Wildman–Crippen MR) is 91.9 cm³/mol. The summed E-state index contributed by atoms with van der Waals surface area (Å²) in [6.45, 7) is 1.71. The van der Waals surface area contributed by atoms with E-state index in [1.165, 1.54) is 10.5 Å². The average Bonchev–Trinajstić information content (AvgIpc) is 3.00. The highest BCUT2D eigenvalue weighted by Gasteiger charge is 2.13. The van der Waals surface area contributed by atoms with Gasteiger partial charge in [-0.25, -0.2) is 0 Å². The van der Waals surface area contributed by atoms with Crippen LogP contribution in [0.5, 0.6) is 0 Å². The summed E-state index contributed by atoms with van der Waals surface area (Å²) in [5.41, 5.74) is 2.28. The summed E-state index contributed by atoms with van der Waals surface area (Å²) in [5, 5.41) is 4.80. The van der Waals surface area contributed by atoms with E-state index in [2.05, 4.69) is 22.4 Å². The molecule has 0 unspecified atom stereocenters. The number of halogens is 2. The van der Waals surface area contributed by atoms with Crippen molar-refractivity contribution in [3.63, 3.8) is 0 Å². The van der Waals surface area contributed by atoms with Crippen LogP contribution in [0.25, 0.3) is 0 Å². The Morgan fingerprint density at radius 3 is 2.71 bits per heavy atom. The first-order valence-corrected chi connectivity index (χ1v) is 8.42. The fourth-order valence-electron chi connectivity index (χ4n) is 2.18. The molecule has 0 radical (unpaired) electrons. The lowest BCUT2D eigenvalue weighted by atomic mass is 10.2. The fraction of sp³-hybridized carbons (Fsp3) is 0.188. The van der Waals surface area contributed by atoms with Gasteiger partial charge in [-0.05, 0) is 35.9 Å². The van der Waals surface area contributed by atoms with Crippen molar-refractivity contribution in [2.75, 3.05) is 13.1 Å². The number of amidine groups is 1. The zero-order valence-electron chi connectivity index (χ0n) is 11.3. The maximum absolute atomic E-state index is 6.12. The molecule has 0 amide bonds. The molecule has 0 fully saturated rings. The molecule has 1 heterocycles. The second-order valence-corrected chi connectivity index (χ2v) is 6.61. The van der Waals surface area contributed by atoms with E-state index >= 15 is 0 Å². The lowest BCUT2D eigenvalue weighted by molar-refractivity contribution is 0.959. The van der Waals surface area contributed by atoms with Crippen molar-refractivity contribution in [1.29, 1.82) is 0 Å². The molecule has 0 aliphatic carbocycles. The van der Waals surface area contributed by atoms with E-state index in [4.69, 9.17) is 23.2 Å². The molecule has 0 spiro atoms. The van der Waals surface area contributed by atoms with Crippen LogP contribution in [-0.2, 0) is 5.75 Å². The van der Waals surface area contributed by atoms with Crippen LogP contribution in [0, 0.1) is 0 Å². The van der Waals surface area contributed by atoms with E-state index in [9.17, 15) is 0 Å². The molecule has 0 saturated carbocycles. The van der Waals surface area contributed by atoms with E-state index in [1.54, 1.807) is 11.8 Å². The van der Waals surface area contributed by atoms with Crippen LogP contribution >= 0.6 is 35.0 Å². The third kappa shape index (κ3) is 3.73. The third-order valence-electron chi connectivity index (χ3n) is 3.15. The molecule has 21 heavy (non-hydrogen) atoms. The number of thioether (sulfide) groups is 1. The molecule has 3 rings (SSSR count). The Balaban J connectivity index is 1.81. The minimum atomic E-state index is 0.730. The standard InChI is InChI=1S/C16H14Cl2N2S/c17-12-3-1-2-11(8-12)10-21-15-5-4-13(18)9-14(15)16-19-6-7-20-16/h1-5,8-9H,6-7,10H2,(H,19,20). The van der Waals surface area contributed by atoms with Crippen molar-refractivity contribution < 1.29 is 0 Å². The minimum Gasteiger partial charge on any atom is -0.368 e. The van der Waals surface area contributed by atoms with Gasteiger partial charge >= 0.3 is 0 Å². The predicted octanol–water partition coefficient (Wildman–Crippen LogP) is 4.64. The zero-order valence-corrected chi connectivity index (χ0v) is 13.6. The quantitative estimate of drug-likeness (QED) is 0.822. The molecule has 1 aliphatic rings. The Morgan fingerprint density at radius 1 is 1.10 bits per heavy atom. The number of hydrogen-bond donors (Lipinski definition) is 1. The molecule has 108 valence electrons. The van der Waals surface area contributed by atoms with Gasteiger partial charge in [0, 0.05) is 32.8 Å². The van der Waals surface area contributed by atoms with E-state index in [0.717, 1.165) is 40.3 Å². The van der Waals surface area contributed by atoms with E-state index in [1.807, 2.05) is 30.3 Å². The van der Waals surface area contributed by atoms with Crippen molar-refractivity contribution in [2.45, 2.75) is 10.6 Å². The Hall–Kier alpha value is -1.16. The number of nitrogens with zero attached hydrogens (tertiary/aromatic N) is 1. The molecular formula is C16H14Cl2N2S. The van der Waals surface area contributed by atoms with Gasteiger partial charge in [-0.1, -0.05) is 35.3 Å². The van der Waals surface area contributed by atoms with Crippen molar-refractivity contribution in [3.8, 4) is 0 Å². The minimum absolute atomic E-state index is 0.730. The monoisotopic (exact) mass is 336 g/mol. The van der Waals surface area contributed by atoms with Gasteiger partial charge in [-0.2, -0.15) is 0 Å².